The van der Waals surface area contributed by atoms with Crippen molar-refractivity contribution in [3.63, 3.8) is 0 Å². The highest BCUT2D eigenvalue weighted by molar-refractivity contribution is 9.10. The first-order valence-corrected chi connectivity index (χ1v) is 7.56. The van der Waals surface area contributed by atoms with Gasteiger partial charge in [-0.3, -0.25) is 4.90 Å². The number of benzene rings is 1. The third kappa shape index (κ3) is 4.81. The predicted molar refractivity (Wildman–Crippen MR) is 75.3 cm³/mol. The van der Waals surface area contributed by atoms with E-state index >= 15 is 0 Å². The van der Waals surface area contributed by atoms with Gasteiger partial charge in [0.15, 0.2) is 0 Å². The maximum atomic E-state index is 13.0. The highest BCUT2D eigenvalue weighted by Gasteiger charge is 2.34. The van der Waals surface area contributed by atoms with Gasteiger partial charge in [0.2, 0.25) is 0 Å². The third-order valence-electron chi connectivity index (χ3n) is 3.51. The first-order chi connectivity index (χ1) is 10.2. The Labute approximate surface area is 133 Å². The topological polar surface area (TPSA) is 12.5 Å². The van der Waals surface area contributed by atoms with Crippen LogP contribution >= 0.6 is 15.9 Å². The Kier molecular flexibility index (Phi) is 5.32. The molecule has 0 atom stereocenters. The number of hydrogen-bond donors (Lipinski definition) is 0. The molecule has 2 nitrogen and oxygen atoms in total. The Morgan fingerprint density at radius 2 is 1.82 bits per heavy atom. The quantitative estimate of drug-likeness (QED) is 0.701. The minimum Gasteiger partial charge on any atom is -0.491 e. The molecule has 0 radical (unpaired) electrons. The van der Waals surface area contributed by atoms with Gasteiger partial charge in [-0.25, -0.2) is 8.78 Å². The van der Waals surface area contributed by atoms with Crippen molar-refractivity contribution >= 4 is 15.9 Å². The first kappa shape index (κ1) is 17.5. The summed E-state index contributed by atoms with van der Waals surface area (Å²) in [6, 6.07) is 3.16. The maximum Gasteiger partial charge on any atom is 0.416 e. The zero-order chi connectivity index (χ0) is 16.4. The minimum absolute atomic E-state index is 0.0946. The molecule has 124 valence electrons. The number of halogens is 6. The summed E-state index contributed by atoms with van der Waals surface area (Å²) < 4.78 is 69.7. The molecule has 0 bridgehead atoms. The monoisotopic (exact) mass is 387 g/mol. The molecule has 1 aromatic carbocycles. The van der Waals surface area contributed by atoms with Crippen LogP contribution in [-0.2, 0) is 6.18 Å². The van der Waals surface area contributed by atoms with Crippen molar-refractivity contribution in [2.24, 2.45) is 0 Å². The SMILES string of the molecule is FC1(F)CCN(CCOc2cc(C(F)(F)F)ccc2Br)CC1. The maximum absolute atomic E-state index is 13.0. The summed E-state index contributed by atoms with van der Waals surface area (Å²) in [6.07, 6.45) is -4.82. The van der Waals surface area contributed by atoms with Crippen LogP contribution in [0, 0.1) is 0 Å². The first-order valence-electron chi connectivity index (χ1n) is 6.77. The summed E-state index contributed by atoms with van der Waals surface area (Å²) in [5, 5.41) is 0. The molecule has 0 aromatic heterocycles. The molecule has 0 aliphatic carbocycles. The number of ether oxygens (including phenoxy) is 1. The van der Waals surface area contributed by atoms with E-state index in [0.717, 1.165) is 12.1 Å². The van der Waals surface area contributed by atoms with E-state index in [0.29, 0.717) is 11.0 Å². The number of nitrogens with zero attached hydrogens (tertiary/aromatic N) is 1. The average molecular weight is 388 g/mol. The normalized spacial score (nSPS) is 19.2. The third-order valence-corrected chi connectivity index (χ3v) is 4.17. The van der Waals surface area contributed by atoms with Gasteiger partial charge in [0.1, 0.15) is 12.4 Å². The van der Waals surface area contributed by atoms with Crippen LogP contribution in [0.1, 0.15) is 18.4 Å². The molecule has 2 rings (SSSR count). The van der Waals surface area contributed by atoms with E-state index in [4.69, 9.17) is 4.74 Å². The number of likely N-dealkylation sites (tertiary alicyclic amines) is 1. The van der Waals surface area contributed by atoms with E-state index < -0.39 is 17.7 Å². The lowest BCUT2D eigenvalue weighted by Crippen LogP contribution is -2.41. The van der Waals surface area contributed by atoms with E-state index in [-0.39, 0.29) is 38.3 Å². The Hall–Kier alpha value is -0.890. The van der Waals surface area contributed by atoms with Crippen LogP contribution in [0.25, 0.3) is 0 Å². The lowest BCUT2D eigenvalue weighted by Gasteiger charge is -2.31. The second-order valence-corrected chi connectivity index (χ2v) is 6.04. The van der Waals surface area contributed by atoms with Crippen molar-refractivity contribution in [1.82, 2.24) is 4.90 Å². The highest BCUT2D eigenvalue weighted by Crippen LogP contribution is 2.35. The summed E-state index contributed by atoms with van der Waals surface area (Å²) in [7, 11) is 0. The van der Waals surface area contributed by atoms with Crippen molar-refractivity contribution < 1.29 is 26.7 Å². The molecule has 1 aromatic rings. The van der Waals surface area contributed by atoms with Gasteiger partial charge in [-0.1, -0.05) is 0 Å². The molecule has 0 amide bonds. The second kappa shape index (κ2) is 6.70. The molecule has 1 aliphatic heterocycles. The molecule has 1 fully saturated rings. The Morgan fingerprint density at radius 1 is 1.18 bits per heavy atom. The zero-order valence-electron chi connectivity index (χ0n) is 11.6. The second-order valence-electron chi connectivity index (χ2n) is 5.19. The van der Waals surface area contributed by atoms with E-state index in [9.17, 15) is 22.0 Å². The Morgan fingerprint density at radius 3 is 2.41 bits per heavy atom. The lowest BCUT2D eigenvalue weighted by atomic mass is 10.1. The van der Waals surface area contributed by atoms with Gasteiger partial charge >= 0.3 is 6.18 Å². The molecular weight excluding hydrogens is 373 g/mol. The van der Waals surface area contributed by atoms with Gasteiger partial charge in [-0.2, -0.15) is 13.2 Å². The fourth-order valence-electron chi connectivity index (χ4n) is 2.18. The van der Waals surface area contributed by atoms with Crippen molar-refractivity contribution in [2.75, 3.05) is 26.2 Å². The Balaban J connectivity index is 1.87. The van der Waals surface area contributed by atoms with Gasteiger partial charge in [0, 0.05) is 32.5 Å². The number of rotatable bonds is 4. The van der Waals surface area contributed by atoms with Crippen LogP contribution in [0.4, 0.5) is 22.0 Å². The van der Waals surface area contributed by atoms with Crippen molar-refractivity contribution in [2.45, 2.75) is 24.9 Å². The Bertz CT molecular complexity index is 510. The van der Waals surface area contributed by atoms with Crippen LogP contribution in [0.15, 0.2) is 22.7 Å². The largest absolute Gasteiger partial charge is 0.491 e. The van der Waals surface area contributed by atoms with Crippen LogP contribution in [0.3, 0.4) is 0 Å². The molecule has 0 saturated carbocycles. The van der Waals surface area contributed by atoms with Gasteiger partial charge < -0.3 is 4.74 Å². The van der Waals surface area contributed by atoms with Crippen LogP contribution < -0.4 is 4.74 Å². The average Bonchev–Trinajstić information content (AvgIpc) is 2.41. The smallest absolute Gasteiger partial charge is 0.416 e. The summed E-state index contributed by atoms with van der Waals surface area (Å²) in [5.74, 6) is -2.52. The van der Waals surface area contributed by atoms with E-state index in [2.05, 4.69) is 15.9 Å². The van der Waals surface area contributed by atoms with Crippen LogP contribution in [0.2, 0.25) is 0 Å². The fourth-order valence-corrected chi connectivity index (χ4v) is 2.54. The number of hydrogen-bond acceptors (Lipinski definition) is 2. The van der Waals surface area contributed by atoms with Crippen molar-refractivity contribution in [3.05, 3.63) is 28.2 Å². The van der Waals surface area contributed by atoms with E-state index in [1.807, 2.05) is 4.90 Å². The summed E-state index contributed by atoms with van der Waals surface area (Å²) in [5.41, 5.74) is -0.789. The molecule has 0 N–H and O–H groups in total. The fraction of sp³-hybridized carbons (Fsp3) is 0.571. The minimum atomic E-state index is -4.43. The molecule has 0 spiro atoms. The highest BCUT2D eigenvalue weighted by atomic mass is 79.9. The van der Waals surface area contributed by atoms with Gasteiger partial charge in [0.25, 0.3) is 5.92 Å². The van der Waals surface area contributed by atoms with Crippen molar-refractivity contribution in [3.8, 4) is 5.75 Å². The van der Waals surface area contributed by atoms with Crippen LogP contribution in [-0.4, -0.2) is 37.1 Å². The molecule has 1 heterocycles. The zero-order valence-corrected chi connectivity index (χ0v) is 13.2. The molecule has 22 heavy (non-hydrogen) atoms. The molecule has 8 heteroatoms. The molecule has 0 unspecified atom stereocenters. The standard InChI is InChI=1S/C14H15BrF5NO/c15-11-2-1-10(14(18,19)20)9-12(11)22-8-7-21-5-3-13(16,17)4-6-21/h1-2,9H,3-8H2. The van der Waals surface area contributed by atoms with E-state index in [1.165, 1.54) is 6.07 Å². The van der Waals surface area contributed by atoms with Crippen molar-refractivity contribution in [1.29, 1.82) is 0 Å². The summed E-state index contributed by atoms with van der Waals surface area (Å²) in [4.78, 5) is 1.82. The molecular formula is C14H15BrF5NO. The lowest BCUT2D eigenvalue weighted by molar-refractivity contribution is -0.137. The van der Waals surface area contributed by atoms with E-state index in [1.54, 1.807) is 0 Å². The molecule has 1 aliphatic rings. The summed E-state index contributed by atoms with van der Waals surface area (Å²) >= 11 is 3.13. The van der Waals surface area contributed by atoms with Gasteiger partial charge in [0.05, 0.1) is 10.0 Å². The predicted octanol–water partition coefficient (Wildman–Crippen LogP) is 4.58. The number of alkyl halides is 5. The van der Waals surface area contributed by atoms with Gasteiger partial charge in [-0.15, -0.1) is 0 Å². The number of piperidine rings is 1. The summed E-state index contributed by atoms with van der Waals surface area (Å²) in [6.45, 7) is 1.07. The van der Waals surface area contributed by atoms with Gasteiger partial charge in [-0.05, 0) is 34.1 Å². The van der Waals surface area contributed by atoms with Crippen LogP contribution in [0.5, 0.6) is 5.75 Å². The molecule has 1 saturated heterocycles.